The Morgan fingerprint density at radius 1 is 1.57 bits per heavy atom. The van der Waals surface area contributed by atoms with Crippen molar-refractivity contribution in [3.63, 3.8) is 0 Å². The van der Waals surface area contributed by atoms with Crippen LogP contribution in [0.4, 0.5) is 5.82 Å². The fourth-order valence-corrected chi connectivity index (χ4v) is 1.22. The molecular formula is C8H11BrN4O. The molecule has 14 heavy (non-hydrogen) atoms. The molecule has 2 N–H and O–H groups in total. The lowest BCUT2D eigenvalue weighted by Crippen LogP contribution is -2.26. The van der Waals surface area contributed by atoms with E-state index in [9.17, 15) is 4.79 Å². The van der Waals surface area contributed by atoms with Gasteiger partial charge in [0.05, 0.1) is 4.47 Å². The van der Waals surface area contributed by atoms with Crippen LogP contribution in [0.15, 0.2) is 17.0 Å². The summed E-state index contributed by atoms with van der Waals surface area (Å²) in [6.07, 6.45) is 3.12. The Balaban J connectivity index is 2.31. The van der Waals surface area contributed by atoms with Crippen LogP contribution < -0.4 is 10.6 Å². The largest absolute Gasteiger partial charge is 0.367 e. The van der Waals surface area contributed by atoms with Crippen LogP contribution in [0.25, 0.3) is 0 Å². The summed E-state index contributed by atoms with van der Waals surface area (Å²) in [5.41, 5.74) is 0. The molecule has 0 fully saturated rings. The summed E-state index contributed by atoms with van der Waals surface area (Å²) in [4.78, 5) is 18.4. The zero-order valence-electron chi connectivity index (χ0n) is 7.75. The number of anilines is 1. The van der Waals surface area contributed by atoms with E-state index in [1.165, 1.54) is 13.3 Å². The molecule has 1 rings (SSSR count). The third-order valence-corrected chi connectivity index (χ3v) is 2.04. The molecule has 0 aliphatic heterocycles. The first-order valence-electron chi connectivity index (χ1n) is 4.14. The minimum Gasteiger partial charge on any atom is -0.367 e. The maximum atomic E-state index is 10.5. The molecule has 0 aliphatic rings. The van der Waals surface area contributed by atoms with Gasteiger partial charge in [0.15, 0.2) is 0 Å². The minimum atomic E-state index is -0.0337. The number of carbonyl (C=O) groups excluding carboxylic acids is 1. The topological polar surface area (TPSA) is 66.9 Å². The number of hydrogen-bond donors (Lipinski definition) is 2. The highest BCUT2D eigenvalue weighted by Crippen LogP contribution is 2.16. The van der Waals surface area contributed by atoms with Gasteiger partial charge in [-0.05, 0) is 15.9 Å². The smallest absolute Gasteiger partial charge is 0.216 e. The van der Waals surface area contributed by atoms with Gasteiger partial charge in [0, 0.05) is 26.2 Å². The normalized spacial score (nSPS) is 9.57. The van der Waals surface area contributed by atoms with Crippen LogP contribution in [-0.2, 0) is 4.79 Å². The Morgan fingerprint density at radius 3 is 3.00 bits per heavy atom. The summed E-state index contributed by atoms with van der Waals surface area (Å²) < 4.78 is 0.808. The molecule has 1 amide bonds. The first-order valence-corrected chi connectivity index (χ1v) is 4.93. The number of nitrogens with one attached hydrogen (secondary N) is 2. The Labute approximate surface area is 90.5 Å². The zero-order valence-corrected chi connectivity index (χ0v) is 9.34. The number of aromatic nitrogens is 2. The highest BCUT2D eigenvalue weighted by molar-refractivity contribution is 9.10. The van der Waals surface area contributed by atoms with E-state index in [1.807, 2.05) is 0 Å². The van der Waals surface area contributed by atoms with E-state index in [0.717, 1.165) is 10.3 Å². The maximum absolute atomic E-state index is 10.5. The molecule has 1 heterocycles. The Bertz CT molecular complexity index is 318. The van der Waals surface area contributed by atoms with Gasteiger partial charge in [-0.1, -0.05) is 0 Å². The SMILES string of the molecule is CC(=O)NCCNc1ncncc1Br. The van der Waals surface area contributed by atoms with Crippen LogP contribution in [0.3, 0.4) is 0 Å². The van der Waals surface area contributed by atoms with Crippen molar-refractivity contribution in [3.05, 3.63) is 17.0 Å². The highest BCUT2D eigenvalue weighted by atomic mass is 79.9. The maximum Gasteiger partial charge on any atom is 0.216 e. The molecule has 6 heteroatoms. The van der Waals surface area contributed by atoms with Gasteiger partial charge in [-0.25, -0.2) is 9.97 Å². The quantitative estimate of drug-likeness (QED) is 0.784. The molecule has 0 atom stereocenters. The Kier molecular flexibility index (Phi) is 4.31. The molecular weight excluding hydrogens is 248 g/mol. The summed E-state index contributed by atoms with van der Waals surface area (Å²) in [7, 11) is 0. The van der Waals surface area contributed by atoms with E-state index in [-0.39, 0.29) is 5.91 Å². The van der Waals surface area contributed by atoms with Crippen LogP contribution in [0.1, 0.15) is 6.92 Å². The molecule has 76 valence electrons. The third-order valence-electron chi connectivity index (χ3n) is 1.46. The second-order valence-corrected chi connectivity index (χ2v) is 3.48. The third kappa shape index (κ3) is 3.69. The monoisotopic (exact) mass is 258 g/mol. The average molecular weight is 259 g/mol. The number of carbonyl (C=O) groups is 1. The average Bonchev–Trinajstić information content (AvgIpc) is 2.15. The molecule has 0 aliphatic carbocycles. The van der Waals surface area contributed by atoms with Crippen molar-refractivity contribution in [2.45, 2.75) is 6.92 Å². The molecule has 1 aromatic rings. The second-order valence-electron chi connectivity index (χ2n) is 2.63. The van der Waals surface area contributed by atoms with E-state index < -0.39 is 0 Å². The van der Waals surface area contributed by atoms with Crippen molar-refractivity contribution >= 4 is 27.7 Å². The molecule has 0 aromatic carbocycles. The number of amides is 1. The summed E-state index contributed by atoms with van der Waals surface area (Å²) in [6.45, 7) is 2.70. The highest BCUT2D eigenvalue weighted by Gasteiger charge is 1.98. The number of rotatable bonds is 4. The van der Waals surface area contributed by atoms with Gasteiger partial charge in [-0.3, -0.25) is 4.79 Å². The van der Waals surface area contributed by atoms with Gasteiger partial charge in [0.25, 0.3) is 0 Å². The zero-order chi connectivity index (χ0) is 10.4. The Hall–Kier alpha value is -1.17. The van der Waals surface area contributed by atoms with Gasteiger partial charge in [0.2, 0.25) is 5.91 Å². The van der Waals surface area contributed by atoms with Crippen molar-refractivity contribution in [3.8, 4) is 0 Å². The van der Waals surface area contributed by atoms with Crippen molar-refractivity contribution < 1.29 is 4.79 Å². The van der Waals surface area contributed by atoms with E-state index in [4.69, 9.17) is 0 Å². The molecule has 0 saturated carbocycles. The fraction of sp³-hybridized carbons (Fsp3) is 0.375. The van der Waals surface area contributed by atoms with Gasteiger partial charge in [-0.15, -0.1) is 0 Å². The van der Waals surface area contributed by atoms with E-state index in [2.05, 4.69) is 36.5 Å². The van der Waals surface area contributed by atoms with E-state index in [1.54, 1.807) is 6.20 Å². The summed E-state index contributed by atoms with van der Waals surface area (Å²) in [6, 6.07) is 0. The number of halogens is 1. The first kappa shape index (κ1) is 10.9. The number of hydrogen-bond acceptors (Lipinski definition) is 4. The van der Waals surface area contributed by atoms with Crippen molar-refractivity contribution in [1.82, 2.24) is 15.3 Å². The number of nitrogens with zero attached hydrogens (tertiary/aromatic N) is 2. The summed E-state index contributed by atoms with van der Waals surface area (Å²) in [5.74, 6) is 0.693. The molecule has 1 aromatic heterocycles. The van der Waals surface area contributed by atoms with Crippen LogP contribution in [0.2, 0.25) is 0 Å². The molecule has 0 saturated heterocycles. The van der Waals surface area contributed by atoms with Gasteiger partial charge >= 0.3 is 0 Å². The first-order chi connectivity index (χ1) is 6.70. The lowest BCUT2D eigenvalue weighted by Gasteiger charge is -2.06. The second kappa shape index (κ2) is 5.54. The van der Waals surface area contributed by atoms with Crippen LogP contribution in [-0.4, -0.2) is 29.0 Å². The van der Waals surface area contributed by atoms with Crippen LogP contribution in [0.5, 0.6) is 0 Å². The van der Waals surface area contributed by atoms with Crippen molar-refractivity contribution in [1.29, 1.82) is 0 Å². The van der Waals surface area contributed by atoms with Crippen LogP contribution >= 0.6 is 15.9 Å². The van der Waals surface area contributed by atoms with Gasteiger partial charge in [0.1, 0.15) is 12.1 Å². The molecule has 0 radical (unpaired) electrons. The van der Waals surface area contributed by atoms with Gasteiger partial charge in [-0.2, -0.15) is 0 Å². The lowest BCUT2D eigenvalue weighted by atomic mass is 10.5. The molecule has 0 bridgehead atoms. The molecule has 0 unspecified atom stereocenters. The molecule has 5 nitrogen and oxygen atoms in total. The van der Waals surface area contributed by atoms with Crippen LogP contribution in [0, 0.1) is 0 Å². The predicted molar refractivity (Wildman–Crippen MR) is 56.9 cm³/mol. The Morgan fingerprint density at radius 2 is 2.36 bits per heavy atom. The minimum absolute atomic E-state index is 0.0337. The molecule has 0 spiro atoms. The standard InChI is InChI=1S/C8H11BrN4O/c1-6(14)11-2-3-12-8-7(9)4-10-5-13-8/h4-5H,2-3H2,1H3,(H,11,14)(H,10,12,13). The lowest BCUT2D eigenvalue weighted by molar-refractivity contribution is -0.118. The summed E-state index contributed by atoms with van der Waals surface area (Å²) >= 11 is 3.30. The summed E-state index contributed by atoms with van der Waals surface area (Å²) in [5, 5.41) is 5.73. The van der Waals surface area contributed by atoms with Crippen molar-refractivity contribution in [2.24, 2.45) is 0 Å². The van der Waals surface area contributed by atoms with E-state index in [0.29, 0.717) is 13.1 Å². The van der Waals surface area contributed by atoms with E-state index >= 15 is 0 Å². The van der Waals surface area contributed by atoms with Gasteiger partial charge < -0.3 is 10.6 Å². The van der Waals surface area contributed by atoms with Crippen molar-refractivity contribution in [2.75, 3.05) is 18.4 Å². The fourth-order valence-electron chi connectivity index (χ4n) is 0.862. The predicted octanol–water partition coefficient (Wildman–Crippen LogP) is 0.787.